The van der Waals surface area contributed by atoms with Crippen LogP contribution in [-0.2, 0) is 0 Å². The Morgan fingerprint density at radius 2 is 2.14 bits per heavy atom. The summed E-state index contributed by atoms with van der Waals surface area (Å²) in [5.74, 6) is 1.10. The van der Waals surface area contributed by atoms with Crippen molar-refractivity contribution in [3.05, 3.63) is 11.9 Å². The van der Waals surface area contributed by atoms with Gasteiger partial charge in [-0.05, 0) is 13.3 Å². The molecule has 1 heterocycles. The number of anilines is 1. The molecule has 0 atom stereocenters. The minimum absolute atomic E-state index is 0.491. The number of nitrogens with two attached hydrogens (primary N) is 1. The van der Waals surface area contributed by atoms with Crippen molar-refractivity contribution in [1.29, 1.82) is 0 Å². The number of rotatable bonds is 5. The van der Waals surface area contributed by atoms with Crippen LogP contribution < -0.4 is 10.5 Å². The van der Waals surface area contributed by atoms with Crippen LogP contribution in [0.15, 0.2) is 6.33 Å². The van der Waals surface area contributed by atoms with Gasteiger partial charge in [-0.15, -0.1) is 0 Å². The van der Waals surface area contributed by atoms with Gasteiger partial charge in [-0.25, -0.2) is 9.97 Å². The summed E-state index contributed by atoms with van der Waals surface area (Å²) in [7, 11) is 0. The van der Waals surface area contributed by atoms with Crippen LogP contribution in [0.5, 0.6) is 5.88 Å². The van der Waals surface area contributed by atoms with Crippen molar-refractivity contribution >= 4 is 5.82 Å². The van der Waals surface area contributed by atoms with Crippen molar-refractivity contribution in [3.63, 3.8) is 0 Å². The van der Waals surface area contributed by atoms with E-state index in [0.29, 0.717) is 18.3 Å². The summed E-state index contributed by atoms with van der Waals surface area (Å²) in [6.07, 6.45) is 4.85. The first-order valence-corrected chi connectivity index (χ1v) is 4.95. The monoisotopic (exact) mass is 195 g/mol. The zero-order chi connectivity index (χ0) is 10.4. The van der Waals surface area contributed by atoms with Gasteiger partial charge in [-0.1, -0.05) is 19.8 Å². The molecular weight excluding hydrogens is 178 g/mol. The molecular formula is C10H17N3O. The minimum atomic E-state index is 0.491. The van der Waals surface area contributed by atoms with Gasteiger partial charge in [-0.3, -0.25) is 0 Å². The van der Waals surface area contributed by atoms with E-state index in [1.807, 2.05) is 6.92 Å². The van der Waals surface area contributed by atoms with Crippen LogP contribution in [0.25, 0.3) is 0 Å². The average molecular weight is 195 g/mol. The number of aromatic nitrogens is 2. The number of hydrogen-bond acceptors (Lipinski definition) is 4. The van der Waals surface area contributed by atoms with Gasteiger partial charge in [0.1, 0.15) is 12.1 Å². The van der Waals surface area contributed by atoms with Crippen molar-refractivity contribution < 1.29 is 4.74 Å². The predicted octanol–water partition coefficient (Wildman–Crippen LogP) is 1.94. The molecule has 1 aromatic rings. The molecule has 0 fully saturated rings. The third kappa shape index (κ3) is 2.87. The van der Waals surface area contributed by atoms with Crippen LogP contribution in [0.2, 0.25) is 0 Å². The molecule has 4 nitrogen and oxygen atoms in total. The second-order valence-electron chi connectivity index (χ2n) is 3.24. The zero-order valence-electron chi connectivity index (χ0n) is 8.79. The Morgan fingerprint density at radius 1 is 1.36 bits per heavy atom. The summed E-state index contributed by atoms with van der Waals surface area (Å²) in [4.78, 5) is 7.89. The molecule has 0 unspecified atom stereocenters. The molecule has 0 saturated carbocycles. The molecule has 0 saturated heterocycles. The molecule has 78 valence electrons. The van der Waals surface area contributed by atoms with Gasteiger partial charge in [-0.2, -0.15) is 0 Å². The maximum Gasteiger partial charge on any atom is 0.221 e. The first kappa shape index (κ1) is 10.8. The number of hydrogen-bond donors (Lipinski definition) is 1. The highest BCUT2D eigenvalue weighted by molar-refractivity contribution is 5.42. The van der Waals surface area contributed by atoms with Gasteiger partial charge >= 0.3 is 0 Å². The topological polar surface area (TPSA) is 61.0 Å². The molecule has 0 aliphatic rings. The van der Waals surface area contributed by atoms with Crippen LogP contribution >= 0.6 is 0 Å². The second-order valence-corrected chi connectivity index (χ2v) is 3.24. The lowest BCUT2D eigenvalue weighted by atomic mass is 10.3. The first-order chi connectivity index (χ1) is 6.75. The lowest BCUT2D eigenvalue weighted by Gasteiger charge is -2.07. The van der Waals surface area contributed by atoms with E-state index in [2.05, 4.69) is 16.9 Å². The summed E-state index contributed by atoms with van der Waals surface area (Å²) >= 11 is 0. The van der Waals surface area contributed by atoms with Gasteiger partial charge in [0.05, 0.1) is 12.2 Å². The largest absolute Gasteiger partial charge is 0.477 e. The smallest absolute Gasteiger partial charge is 0.221 e. The van der Waals surface area contributed by atoms with E-state index in [1.54, 1.807) is 0 Å². The average Bonchev–Trinajstić information content (AvgIpc) is 2.19. The lowest BCUT2D eigenvalue weighted by molar-refractivity contribution is 0.292. The van der Waals surface area contributed by atoms with Crippen molar-refractivity contribution in [1.82, 2.24) is 9.97 Å². The molecule has 0 amide bonds. The van der Waals surface area contributed by atoms with E-state index < -0.39 is 0 Å². The fourth-order valence-corrected chi connectivity index (χ4v) is 1.11. The molecule has 0 spiro atoms. The highest BCUT2D eigenvalue weighted by Gasteiger charge is 2.04. The highest BCUT2D eigenvalue weighted by Crippen LogP contribution is 2.17. The summed E-state index contributed by atoms with van der Waals surface area (Å²) < 4.78 is 5.49. The molecule has 0 radical (unpaired) electrons. The minimum Gasteiger partial charge on any atom is -0.477 e. The molecule has 4 heteroatoms. The van der Waals surface area contributed by atoms with E-state index in [-0.39, 0.29) is 0 Å². The van der Waals surface area contributed by atoms with Crippen LogP contribution in [0, 0.1) is 6.92 Å². The fraction of sp³-hybridized carbons (Fsp3) is 0.600. The first-order valence-electron chi connectivity index (χ1n) is 4.95. The molecule has 0 aromatic carbocycles. The molecule has 0 aliphatic heterocycles. The normalized spacial score (nSPS) is 10.1. The molecule has 14 heavy (non-hydrogen) atoms. The van der Waals surface area contributed by atoms with Gasteiger partial charge in [0, 0.05) is 0 Å². The molecule has 1 aromatic heterocycles. The highest BCUT2D eigenvalue weighted by atomic mass is 16.5. The lowest BCUT2D eigenvalue weighted by Crippen LogP contribution is -2.03. The Kier molecular flexibility index (Phi) is 4.16. The van der Waals surface area contributed by atoms with E-state index in [9.17, 15) is 0 Å². The Hall–Kier alpha value is -1.32. The molecule has 0 aliphatic carbocycles. The van der Waals surface area contributed by atoms with Crippen molar-refractivity contribution in [2.24, 2.45) is 0 Å². The van der Waals surface area contributed by atoms with Gasteiger partial charge in [0.25, 0.3) is 0 Å². The van der Waals surface area contributed by atoms with Gasteiger partial charge < -0.3 is 10.5 Å². The number of nitrogens with zero attached hydrogens (tertiary/aromatic N) is 2. The molecule has 2 N–H and O–H groups in total. The van der Waals surface area contributed by atoms with Crippen molar-refractivity contribution in [2.75, 3.05) is 12.3 Å². The number of ether oxygens (including phenoxy) is 1. The van der Waals surface area contributed by atoms with E-state index in [4.69, 9.17) is 10.5 Å². The van der Waals surface area contributed by atoms with E-state index in [1.165, 1.54) is 19.2 Å². The summed E-state index contributed by atoms with van der Waals surface area (Å²) in [5, 5.41) is 0. The maximum atomic E-state index is 5.62. The SMILES string of the molecule is CCCCCOc1ncnc(N)c1C. The van der Waals surface area contributed by atoms with Crippen molar-refractivity contribution in [2.45, 2.75) is 33.1 Å². The third-order valence-corrected chi connectivity index (χ3v) is 2.06. The van der Waals surface area contributed by atoms with Gasteiger partial charge in [0.15, 0.2) is 0 Å². The molecule has 1 rings (SSSR count). The maximum absolute atomic E-state index is 5.62. The van der Waals surface area contributed by atoms with Crippen LogP contribution in [0.3, 0.4) is 0 Å². The Balaban J connectivity index is 2.46. The van der Waals surface area contributed by atoms with Crippen LogP contribution in [-0.4, -0.2) is 16.6 Å². The van der Waals surface area contributed by atoms with E-state index in [0.717, 1.165) is 12.0 Å². The Morgan fingerprint density at radius 3 is 2.86 bits per heavy atom. The van der Waals surface area contributed by atoms with Crippen LogP contribution in [0.1, 0.15) is 31.7 Å². The number of unbranched alkanes of at least 4 members (excludes halogenated alkanes) is 2. The van der Waals surface area contributed by atoms with Gasteiger partial charge in [0.2, 0.25) is 5.88 Å². The van der Waals surface area contributed by atoms with E-state index >= 15 is 0 Å². The van der Waals surface area contributed by atoms with Crippen molar-refractivity contribution in [3.8, 4) is 5.88 Å². The molecule has 0 bridgehead atoms. The quantitative estimate of drug-likeness (QED) is 0.729. The predicted molar refractivity (Wildman–Crippen MR) is 56.2 cm³/mol. The Bertz CT molecular complexity index is 289. The number of nitrogen functional groups attached to an aromatic ring is 1. The summed E-state index contributed by atoms with van der Waals surface area (Å²) in [6, 6.07) is 0. The fourth-order valence-electron chi connectivity index (χ4n) is 1.11. The third-order valence-electron chi connectivity index (χ3n) is 2.06. The second kappa shape index (κ2) is 5.42. The summed E-state index contributed by atoms with van der Waals surface area (Å²) in [5.41, 5.74) is 6.44. The summed E-state index contributed by atoms with van der Waals surface area (Å²) in [6.45, 7) is 4.73. The standard InChI is InChI=1S/C10H17N3O/c1-3-4-5-6-14-10-8(2)9(11)12-7-13-10/h7H,3-6H2,1-2H3,(H2,11,12,13). The van der Waals surface area contributed by atoms with Crippen LogP contribution in [0.4, 0.5) is 5.82 Å². The Labute approximate surface area is 84.5 Å². The zero-order valence-corrected chi connectivity index (χ0v) is 8.79.